The Kier molecular flexibility index (Phi) is 4.33. The number of alkyl halides is 3. The fourth-order valence-electron chi connectivity index (χ4n) is 3.04. The molecule has 1 aromatic carbocycles. The quantitative estimate of drug-likeness (QED) is 0.864. The molecule has 1 atom stereocenters. The fourth-order valence-corrected chi connectivity index (χ4v) is 3.04. The third-order valence-electron chi connectivity index (χ3n) is 4.60. The van der Waals surface area contributed by atoms with Gasteiger partial charge in [0.25, 0.3) is 0 Å². The number of benzene rings is 1. The number of piperidine rings is 1. The number of para-hydroxylation sites is 1. The van der Waals surface area contributed by atoms with Crippen molar-refractivity contribution in [1.82, 2.24) is 10.2 Å². The Morgan fingerprint density at radius 2 is 2.00 bits per heavy atom. The maximum Gasteiger partial charge on any atom is 0.417 e. The van der Waals surface area contributed by atoms with E-state index in [1.54, 1.807) is 0 Å². The zero-order valence-electron chi connectivity index (χ0n) is 13.0. The third kappa shape index (κ3) is 3.28. The van der Waals surface area contributed by atoms with Crippen molar-refractivity contribution in [2.45, 2.75) is 37.1 Å². The van der Waals surface area contributed by atoms with Gasteiger partial charge in [0.2, 0.25) is 0 Å². The van der Waals surface area contributed by atoms with E-state index in [0.717, 1.165) is 11.3 Å². The number of carbonyl (C=O) groups is 1. The van der Waals surface area contributed by atoms with Crippen LogP contribution in [0.2, 0.25) is 0 Å². The Labute approximate surface area is 137 Å². The Bertz CT molecular complexity index is 588. The monoisotopic (exact) mass is 344 g/mol. The first-order valence-corrected chi connectivity index (χ1v) is 7.85. The summed E-state index contributed by atoms with van der Waals surface area (Å²) >= 11 is 0. The first-order valence-electron chi connectivity index (χ1n) is 7.85. The number of hydrogen-bond donors (Lipinski definition) is 2. The topological polar surface area (TPSA) is 61.8 Å². The van der Waals surface area contributed by atoms with Gasteiger partial charge in [0.1, 0.15) is 11.9 Å². The number of nitrogens with one attached hydrogen (secondary N) is 1. The summed E-state index contributed by atoms with van der Waals surface area (Å²) in [6.07, 6.45) is -5.17. The summed E-state index contributed by atoms with van der Waals surface area (Å²) in [6.45, 7) is 0.0226. The van der Waals surface area contributed by atoms with Crippen LogP contribution in [0, 0.1) is 0 Å². The van der Waals surface area contributed by atoms with Gasteiger partial charge in [-0.25, -0.2) is 4.79 Å². The molecule has 0 aromatic heterocycles. The summed E-state index contributed by atoms with van der Waals surface area (Å²) in [4.78, 5) is 13.4. The van der Waals surface area contributed by atoms with Gasteiger partial charge >= 0.3 is 12.2 Å². The van der Waals surface area contributed by atoms with Crippen LogP contribution in [0.4, 0.5) is 18.0 Å². The second-order valence-electron chi connectivity index (χ2n) is 6.25. The normalized spacial score (nSPS) is 22.7. The minimum Gasteiger partial charge on any atom is -0.488 e. The molecule has 1 aromatic rings. The number of likely N-dealkylation sites (tertiary alicyclic amines) is 1. The molecule has 0 saturated carbocycles. The highest BCUT2D eigenvalue weighted by Crippen LogP contribution is 2.38. The Morgan fingerprint density at radius 1 is 1.33 bits per heavy atom. The number of ether oxygens (including phenoxy) is 1. The van der Waals surface area contributed by atoms with E-state index in [2.05, 4.69) is 5.32 Å². The van der Waals surface area contributed by atoms with Gasteiger partial charge in [-0.2, -0.15) is 13.2 Å². The summed E-state index contributed by atoms with van der Waals surface area (Å²) in [7, 11) is 0. The van der Waals surface area contributed by atoms with Gasteiger partial charge in [0, 0.05) is 32.4 Å². The van der Waals surface area contributed by atoms with E-state index < -0.39 is 30.7 Å². The van der Waals surface area contributed by atoms with Crippen molar-refractivity contribution in [1.29, 1.82) is 0 Å². The molecule has 2 amide bonds. The van der Waals surface area contributed by atoms with E-state index in [1.807, 2.05) is 24.3 Å². The molecule has 1 unspecified atom stereocenters. The molecule has 132 valence electrons. The Hall–Kier alpha value is -1.96. The number of nitrogens with zero attached hydrogens (tertiary/aromatic N) is 1. The van der Waals surface area contributed by atoms with Gasteiger partial charge < -0.3 is 20.1 Å². The first-order chi connectivity index (χ1) is 11.3. The average molecular weight is 344 g/mol. The van der Waals surface area contributed by atoms with E-state index in [9.17, 15) is 23.1 Å². The van der Waals surface area contributed by atoms with Crippen LogP contribution >= 0.6 is 0 Å². The summed E-state index contributed by atoms with van der Waals surface area (Å²) in [5, 5.41) is 12.3. The molecule has 1 fully saturated rings. The van der Waals surface area contributed by atoms with Crippen LogP contribution in [0.25, 0.3) is 0 Å². The molecule has 3 rings (SSSR count). The molecule has 2 aliphatic heterocycles. The number of amides is 2. The molecule has 8 heteroatoms. The van der Waals surface area contributed by atoms with Crippen LogP contribution in [-0.2, 0) is 6.42 Å². The molecular formula is C16H19F3N2O3. The van der Waals surface area contributed by atoms with E-state index in [0.29, 0.717) is 6.42 Å². The third-order valence-corrected chi connectivity index (χ3v) is 4.60. The lowest BCUT2D eigenvalue weighted by atomic mass is 9.91. The molecule has 2 aliphatic rings. The summed E-state index contributed by atoms with van der Waals surface area (Å²) < 4.78 is 44.0. The van der Waals surface area contributed by atoms with E-state index in [4.69, 9.17) is 4.74 Å². The second-order valence-corrected chi connectivity index (χ2v) is 6.25. The van der Waals surface area contributed by atoms with Gasteiger partial charge in [-0.15, -0.1) is 0 Å². The number of urea groups is 1. The molecule has 0 spiro atoms. The van der Waals surface area contributed by atoms with Crippen LogP contribution in [0.5, 0.6) is 5.75 Å². The van der Waals surface area contributed by atoms with Crippen molar-refractivity contribution < 1.29 is 27.8 Å². The molecule has 5 nitrogen and oxygen atoms in total. The lowest BCUT2D eigenvalue weighted by Crippen LogP contribution is -2.56. The Balaban J connectivity index is 1.46. The van der Waals surface area contributed by atoms with Gasteiger partial charge in [-0.05, 0) is 11.6 Å². The van der Waals surface area contributed by atoms with Gasteiger partial charge in [-0.1, -0.05) is 18.2 Å². The number of halogens is 3. The molecule has 24 heavy (non-hydrogen) atoms. The summed E-state index contributed by atoms with van der Waals surface area (Å²) in [5.41, 5.74) is -1.62. The van der Waals surface area contributed by atoms with Crippen LogP contribution in [0.1, 0.15) is 18.4 Å². The largest absolute Gasteiger partial charge is 0.488 e. The highest BCUT2D eigenvalue weighted by Gasteiger charge is 2.54. The van der Waals surface area contributed by atoms with Crippen molar-refractivity contribution in [3.05, 3.63) is 29.8 Å². The standard InChI is InChI=1S/C16H19F3N2O3/c17-16(18,19)15(23)5-7-21(8-6-15)14(22)20-10-12-9-11-3-1-2-4-13(11)24-12/h1-4,12,23H,5-10H2,(H,20,22). The second kappa shape index (κ2) is 6.16. The SMILES string of the molecule is O=C(NCC1Cc2ccccc2O1)N1CCC(O)(C(F)(F)F)CC1. The zero-order chi connectivity index (χ0) is 17.4. The number of rotatable bonds is 2. The van der Waals surface area contributed by atoms with E-state index in [-0.39, 0.29) is 25.7 Å². The molecule has 2 N–H and O–H groups in total. The highest BCUT2D eigenvalue weighted by molar-refractivity contribution is 5.74. The minimum atomic E-state index is -4.67. The van der Waals surface area contributed by atoms with Gasteiger partial charge in [0.15, 0.2) is 5.60 Å². The molecule has 2 heterocycles. The van der Waals surface area contributed by atoms with E-state index >= 15 is 0 Å². The molecule has 0 aliphatic carbocycles. The average Bonchev–Trinajstić information content (AvgIpc) is 2.95. The predicted molar refractivity (Wildman–Crippen MR) is 79.8 cm³/mol. The summed E-state index contributed by atoms with van der Waals surface area (Å²) in [6, 6.07) is 7.17. The molecular weight excluding hydrogens is 325 g/mol. The Morgan fingerprint density at radius 3 is 2.62 bits per heavy atom. The minimum absolute atomic E-state index is 0.131. The van der Waals surface area contributed by atoms with Crippen LogP contribution in [-0.4, -0.2) is 53.6 Å². The van der Waals surface area contributed by atoms with Crippen molar-refractivity contribution >= 4 is 6.03 Å². The highest BCUT2D eigenvalue weighted by atomic mass is 19.4. The van der Waals surface area contributed by atoms with Crippen molar-refractivity contribution in [2.24, 2.45) is 0 Å². The van der Waals surface area contributed by atoms with Crippen LogP contribution in [0.15, 0.2) is 24.3 Å². The van der Waals surface area contributed by atoms with Gasteiger partial charge in [0.05, 0.1) is 6.54 Å². The smallest absolute Gasteiger partial charge is 0.417 e. The first kappa shape index (κ1) is 16.9. The fraction of sp³-hybridized carbons (Fsp3) is 0.562. The lowest BCUT2D eigenvalue weighted by molar-refractivity contribution is -0.271. The number of hydrogen-bond acceptors (Lipinski definition) is 3. The van der Waals surface area contributed by atoms with E-state index in [1.165, 1.54) is 4.90 Å². The maximum atomic E-state index is 12.8. The van der Waals surface area contributed by atoms with Crippen LogP contribution in [0.3, 0.4) is 0 Å². The van der Waals surface area contributed by atoms with Crippen molar-refractivity contribution in [2.75, 3.05) is 19.6 Å². The zero-order valence-corrected chi connectivity index (χ0v) is 13.0. The lowest BCUT2D eigenvalue weighted by Gasteiger charge is -2.39. The molecule has 0 radical (unpaired) electrons. The van der Waals surface area contributed by atoms with Gasteiger partial charge in [-0.3, -0.25) is 0 Å². The van der Waals surface area contributed by atoms with Crippen LogP contribution < -0.4 is 10.1 Å². The molecule has 1 saturated heterocycles. The number of carbonyl (C=O) groups excluding carboxylic acids is 1. The summed E-state index contributed by atoms with van der Waals surface area (Å²) in [5.74, 6) is 0.796. The van der Waals surface area contributed by atoms with Crippen molar-refractivity contribution in [3.8, 4) is 5.75 Å². The van der Waals surface area contributed by atoms with Crippen molar-refractivity contribution in [3.63, 3.8) is 0 Å². The number of aliphatic hydroxyl groups is 1. The maximum absolute atomic E-state index is 12.8. The molecule has 0 bridgehead atoms. The predicted octanol–water partition coefficient (Wildman–Crippen LogP) is 2.09. The number of fused-ring (bicyclic) bond motifs is 1.